The van der Waals surface area contributed by atoms with Gasteiger partial charge in [0.2, 0.25) is 5.91 Å². The molecule has 1 fully saturated rings. The lowest BCUT2D eigenvalue weighted by Crippen LogP contribution is -2.32. The molecule has 0 bridgehead atoms. The fourth-order valence-corrected chi connectivity index (χ4v) is 5.49. The average Bonchev–Trinajstić information content (AvgIpc) is 3.64. The van der Waals surface area contributed by atoms with E-state index in [2.05, 4.69) is 25.1 Å². The summed E-state index contributed by atoms with van der Waals surface area (Å²) >= 11 is 1.16. The summed E-state index contributed by atoms with van der Waals surface area (Å²) in [5.41, 5.74) is 4.01. The number of carbonyl (C=O) groups excluding carboxylic acids is 2. The highest BCUT2D eigenvalue weighted by atomic mass is 32.2. The third-order valence-electron chi connectivity index (χ3n) is 6.75. The van der Waals surface area contributed by atoms with Crippen molar-refractivity contribution in [1.82, 2.24) is 20.1 Å². The monoisotopic (exact) mass is 640 g/mol. The standard InChI is InChI=1S/C31H28F4N6O3S/c1-3-4-21-6-5-19(2)15-26(21)41-27(42)17-45-30(41)38-29(43)36-16-25(32)20-7-9-22(10-8-20)28-37-18-40(39-28)23-11-13-24(14-12-23)44-31(33,34)35/h5-15,18,25H,3-4,16-17H2,1-2H3,(H,36,43). The molecule has 1 saturated heterocycles. The molecule has 1 aliphatic rings. The minimum atomic E-state index is -4.79. The number of nitrogens with one attached hydrogen (secondary N) is 1. The first kappa shape index (κ1) is 31.7. The first-order valence-corrected chi connectivity index (χ1v) is 14.9. The van der Waals surface area contributed by atoms with E-state index < -0.39 is 18.6 Å². The Bertz CT molecular complexity index is 1710. The van der Waals surface area contributed by atoms with Crippen molar-refractivity contribution in [2.45, 2.75) is 39.2 Å². The van der Waals surface area contributed by atoms with Gasteiger partial charge in [-0.25, -0.2) is 18.9 Å². The molecule has 3 amide bonds. The van der Waals surface area contributed by atoms with Crippen molar-refractivity contribution in [2.75, 3.05) is 17.2 Å². The van der Waals surface area contributed by atoms with Gasteiger partial charge in [-0.15, -0.1) is 18.3 Å². The van der Waals surface area contributed by atoms with Gasteiger partial charge in [-0.3, -0.25) is 9.69 Å². The second-order valence-electron chi connectivity index (χ2n) is 10.1. The third kappa shape index (κ3) is 7.87. The molecule has 1 unspecified atom stereocenters. The Morgan fingerprint density at radius 3 is 2.53 bits per heavy atom. The molecule has 45 heavy (non-hydrogen) atoms. The Morgan fingerprint density at radius 2 is 1.84 bits per heavy atom. The first-order chi connectivity index (χ1) is 21.5. The van der Waals surface area contributed by atoms with Gasteiger partial charge in [-0.05, 0) is 60.4 Å². The molecule has 9 nitrogen and oxygen atoms in total. The number of benzene rings is 3. The zero-order chi connectivity index (χ0) is 32.1. The Labute approximate surface area is 260 Å². The van der Waals surface area contributed by atoms with Gasteiger partial charge in [0, 0.05) is 5.56 Å². The summed E-state index contributed by atoms with van der Waals surface area (Å²) in [7, 11) is 0. The van der Waals surface area contributed by atoms with Gasteiger partial charge >= 0.3 is 12.4 Å². The summed E-state index contributed by atoms with van der Waals surface area (Å²) in [5, 5.41) is 7.06. The number of thioether (sulfide) groups is 1. The predicted octanol–water partition coefficient (Wildman–Crippen LogP) is 6.95. The molecule has 1 aromatic heterocycles. The lowest BCUT2D eigenvalue weighted by atomic mass is 10.0. The van der Waals surface area contributed by atoms with Gasteiger partial charge in [0.15, 0.2) is 11.0 Å². The van der Waals surface area contributed by atoms with E-state index in [0.717, 1.165) is 35.7 Å². The summed E-state index contributed by atoms with van der Waals surface area (Å²) in [6.07, 6.45) is -3.27. The summed E-state index contributed by atoms with van der Waals surface area (Å²) in [5.74, 6) is -0.0596. The Kier molecular flexibility index (Phi) is 9.51. The van der Waals surface area contributed by atoms with Crippen LogP contribution in [-0.4, -0.2) is 50.5 Å². The zero-order valence-corrected chi connectivity index (χ0v) is 25.0. The van der Waals surface area contributed by atoms with Crippen LogP contribution in [0, 0.1) is 6.92 Å². The summed E-state index contributed by atoms with van der Waals surface area (Å²) in [6, 6.07) is 16.6. The topological polar surface area (TPSA) is 102 Å². The third-order valence-corrected chi connectivity index (χ3v) is 7.68. The number of carbonyl (C=O) groups is 2. The largest absolute Gasteiger partial charge is 0.573 e. The number of anilines is 1. The van der Waals surface area contributed by atoms with Crippen LogP contribution in [0.1, 0.15) is 36.2 Å². The molecule has 1 atom stereocenters. The van der Waals surface area contributed by atoms with Gasteiger partial charge in [0.05, 0.1) is 23.7 Å². The molecule has 0 spiro atoms. The second-order valence-corrected chi connectivity index (χ2v) is 11.1. The highest BCUT2D eigenvalue weighted by molar-refractivity contribution is 8.15. The Hall–Kier alpha value is -4.72. The van der Waals surface area contributed by atoms with Crippen LogP contribution in [0.15, 0.2) is 78.0 Å². The number of halogens is 4. The molecule has 4 aromatic rings. The maximum atomic E-state index is 15.0. The zero-order valence-electron chi connectivity index (χ0n) is 24.2. The second kappa shape index (κ2) is 13.5. The van der Waals surface area contributed by atoms with Crippen molar-refractivity contribution in [1.29, 1.82) is 0 Å². The first-order valence-electron chi connectivity index (χ1n) is 13.9. The molecule has 0 aliphatic carbocycles. The molecule has 234 valence electrons. The lowest BCUT2D eigenvalue weighted by molar-refractivity contribution is -0.274. The fourth-order valence-electron chi connectivity index (χ4n) is 4.63. The molecule has 2 heterocycles. The van der Waals surface area contributed by atoms with Gasteiger partial charge in [0.25, 0.3) is 0 Å². The van der Waals surface area contributed by atoms with Crippen LogP contribution < -0.4 is 15.0 Å². The molecular weight excluding hydrogens is 612 g/mol. The fraction of sp³-hybridized carbons (Fsp3) is 0.258. The number of urea groups is 1. The van der Waals surface area contributed by atoms with Crippen molar-refractivity contribution in [3.8, 4) is 22.8 Å². The number of alkyl halides is 4. The van der Waals surface area contributed by atoms with Crippen molar-refractivity contribution in [2.24, 2.45) is 4.99 Å². The highest BCUT2D eigenvalue weighted by Crippen LogP contribution is 2.31. The molecule has 0 saturated carbocycles. The summed E-state index contributed by atoms with van der Waals surface area (Å²) in [4.78, 5) is 35.1. The maximum Gasteiger partial charge on any atom is 0.573 e. The number of amidine groups is 1. The van der Waals surface area contributed by atoms with Crippen molar-refractivity contribution < 1.29 is 31.9 Å². The van der Waals surface area contributed by atoms with E-state index in [1.54, 1.807) is 24.3 Å². The molecule has 3 aromatic carbocycles. The van der Waals surface area contributed by atoms with E-state index in [9.17, 15) is 22.8 Å². The van der Waals surface area contributed by atoms with E-state index in [4.69, 9.17) is 0 Å². The Balaban J connectivity index is 1.20. The van der Waals surface area contributed by atoms with E-state index >= 15 is 4.39 Å². The molecule has 1 N–H and O–H groups in total. The van der Waals surface area contributed by atoms with E-state index in [0.29, 0.717) is 28.3 Å². The van der Waals surface area contributed by atoms with Gasteiger partial charge in [-0.2, -0.15) is 4.99 Å². The molecule has 0 radical (unpaired) electrons. The van der Waals surface area contributed by atoms with Crippen LogP contribution in [0.5, 0.6) is 5.75 Å². The van der Waals surface area contributed by atoms with Gasteiger partial charge in [-0.1, -0.05) is 61.5 Å². The summed E-state index contributed by atoms with van der Waals surface area (Å²) in [6.45, 7) is 3.64. The van der Waals surface area contributed by atoms with Crippen molar-refractivity contribution in [3.63, 3.8) is 0 Å². The normalized spacial score (nSPS) is 15.0. The average molecular weight is 641 g/mol. The van der Waals surface area contributed by atoms with Crippen LogP contribution in [-0.2, 0) is 11.2 Å². The molecule has 14 heteroatoms. The SMILES string of the molecule is CCCc1ccc(C)cc1N1C(=O)CSC1=NC(=O)NCC(F)c1ccc(-c2ncn(-c3ccc(OC(F)(F)F)cc3)n2)cc1. The number of aryl methyl sites for hydroxylation is 2. The van der Waals surface area contributed by atoms with Crippen LogP contribution in [0.25, 0.3) is 17.1 Å². The maximum absolute atomic E-state index is 15.0. The summed E-state index contributed by atoms with van der Waals surface area (Å²) < 4.78 is 57.5. The van der Waals surface area contributed by atoms with E-state index in [1.165, 1.54) is 40.2 Å². The van der Waals surface area contributed by atoms with Crippen LogP contribution in [0.4, 0.5) is 28.0 Å². The van der Waals surface area contributed by atoms with Gasteiger partial charge in [0.1, 0.15) is 18.2 Å². The molecular formula is C31H28F4N6O3S. The minimum absolute atomic E-state index is 0.153. The van der Waals surface area contributed by atoms with Crippen molar-refractivity contribution >= 4 is 34.6 Å². The quantitative estimate of drug-likeness (QED) is 0.199. The molecule has 5 rings (SSSR count). The highest BCUT2D eigenvalue weighted by Gasteiger charge is 2.32. The number of aliphatic imine (C=N–C) groups is 1. The van der Waals surface area contributed by atoms with Crippen LogP contribution >= 0.6 is 11.8 Å². The number of amides is 3. The smallest absolute Gasteiger partial charge is 0.406 e. The lowest BCUT2D eigenvalue weighted by Gasteiger charge is -2.20. The number of nitrogens with zero attached hydrogens (tertiary/aromatic N) is 5. The minimum Gasteiger partial charge on any atom is -0.406 e. The number of aromatic nitrogens is 3. The Morgan fingerprint density at radius 1 is 1.11 bits per heavy atom. The van der Waals surface area contributed by atoms with Gasteiger partial charge < -0.3 is 10.1 Å². The molecule has 1 aliphatic heterocycles. The number of ether oxygens (including phenoxy) is 1. The number of hydrogen-bond acceptors (Lipinski definition) is 6. The van der Waals surface area contributed by atoms with E-state index in [-0.39, 0.29) is 29.1 Å². The number of hydrogen-bond donors (Lipinski definition) is 1. The van der Waals surface area contributed by atoms with Crippen LogP contribution in [0.2, 0.25) is 0 Å². The van der Waals surface area contributed by atoms with Crippen LogP contribution in [0.3, 0.4) is 0 Å². The van der Waals surface area contributed by atoms with Crippen molar-refractivity contribution in [3.05, 3.63) is 89.7 Å². The van der Waals surface area contributed by atoms with E-state index in [1.807, 2.05) is 32.0 Å². The predicted molar refractivity (Wildman–Crippen MR) is 163 cm³/mol. The number of rotatable bonds is 9.